The first-order valence-corrected chi connectivity index (χ1v) is 21.2. The number of aromatic amines is 2. The topological polar surface area (TPSA) is 151 Å². The molecular weight excluding hydrogens is 850 g/mol. The average Bonchev–Trinajstić information content (AvgIpc) is 3.75. The highest BCUT2D eigenvalue weighted by Gasteiger charge is 2.40. The molecule has 0 atom stereocenters. The highest BCUT2D eigenvalue weighted by atomic mass is 19.1. The van der Waals surface area contributed by atoms with Crippen molar-refractivity contribution in [1.29, 1.82) is 0 Å². The highest BCUT2D eigenvalue weighted by molar-refractivity contribution is 6.19. The molecule has 2 aliphatic rings. The molecule has 2 amide bonds. The van der Waals surface area contributed by atoms with Crippen molar-refractivity contribution in [2.45, 2.75) is 99.7 Å². The summed E-state index contributed by atoms with van der Waals surface area (Å²) in [6, 6.07) is 13.5. The second-order valence-electron chi connectivity index (χ2n) is 18.3. The van der Waals surface area contributed by atoms with Crippen molar-refractivity contribution < 1.29 is 41.8 Å². The van der Waals surface area contributed by atoms with Gasteiger partial charge in [-0.2, -0.15) is 0 Å². The first-order chi connectivity index (χ1) is 30.6. The largest absolute Gasteiger partial charge is 0.459 e. The van der Waals surface area contributed by atoms with Crippen LogP contribution < -0.4 is 0 Å². The van der Waals surface area contributed by atoms with Crippen molar-refractivity contribution in [2.24, 2.45) is 0 Å². The molecule has 0 unspecified atom stereocenters. The number of aryl methyl sites for hydroxylation is 2. The molecule has 12 nitrogen and oxygen atoms in total. The quantitative estimate of drug-likeness (QED) is 0.157. The number of hydrogen-bond donors (Lipinski definition) is 2. The SMILES string of the molecule is C.Cc1cc(C(=O)N2C=C(C(=O)OC(C)C)c3[nH]c4cccnc4c3C(C)(C)C2)ccc1F.Cc1cc(C(=O)N2C=C(C(=O)OC(C)C)c3[nH]c4ncc(F)cc4c3C(C)(C)C2)ccc1F. The maximum Gasteiger partial charge on any atom is 0.342 e. The lowest BCUT2D eigenvalue weighted by Crippen LogP contribution is -2.37. The third kappa shape index (κ3) is 9.51. The minimum atomic E-state index is -0.690. The molecule has 0 fully saturated rings. The summed E-state index contributed by atoms with van der Waals surface area (Å²) >= 11 is 0. The smallest absolute Gasteiger partial charge is 0.342 e. The van der Waals surface area contributed by atoms with Gasteiger partial charge in [0.05, 0.1) is 52.0 Å². The van der Waals surface area contributed by atoms with E-state index in [4.69, 9.17) is 9.47 Å². The standard InChI is InChI=1S/C25H25F2N3O3.C25H26FN3O3.CH4/c1-13(2)33-24(32)18-11-30(23(31)15-6-7-19(27)14(3)8-15)12-25(4,5)20-17-9-16(26)10-28-22(17)29-21(18)20;1-14(2)32-24(31)17-12-29(23(30)16-8-9-18(26)15(3)11-16)13-25(4,5)20-21(17)28-19-7-6-10-27-22(19)20;/h6-11,13H,12H2,1-5H3,(H,28,29);6-12,14,28H,13H2,1-5H3;1H4. The number of hydrogen-bond acceptors (Lipinski definition) is 8. The zero-order valence-electron chi connectivity index (χ0n) is 37.9. The van der Waals surface area contributed by atoms with E-state index < -0.39 is 34.4 Å². The van der Waals surface area contributed by atoms with Crippen molar-refractivity contribution in [3.8, 4) is 0 Å². The number of carbonyl (C=O) groups excluding carboxylic acids is 4. The lowest BCUT2D eigenvalue weighted by Gasteiger charge is -2.29. The van der Waals surface area contributed by atoms with Gasteiger partial charge in [0, 0.05) is 64.6 Å². The van der Waals surface area contributed by atoms with Crippen LogP contribution in [0.15, 0.2) is 79.4 Å². The van der Waals surface area contributed by atoms with Crippen LogP contribution in [-0.4, -0.2) is 78.8 Å². The normalized spacial score (nSPS) is 15.1. The number of benzene rings is 2. The molecule has 15 heteroatoms. The van der Waals surface area contributed by atoms with Crippen LogP contribution in [0.4, 0.5) is 13.2 Å². The summed E-state index contributed by atoms with van der Waals surface area (Å²) in [5, 5.41) is 0.533. The monoisotopic (exact) mass is 904 g/mol. The number of nitrogens with one attached hydrogen (secondary N) is 2. The lowest BCUT2D eigenvalue weighted by molar-refractivity contribution is -0.141. The molecule has 0 radical (unpaired) electrons. The summed E-state index contributed by atoms with van der Waals surface area (Å²) in [6.07, 6.45) is 5.08. The Bertz CT molecular complexity index is 2960. The number of esters is 2. The van der Waals surface area contributed by atoms with Crippen molar-refractivity contribution in [3.05, 3.63) is 142 Å². The lowest BCUT2D eigenvalue weighted by atomic mass is 9.82. The molecule has 346 valence electrons. The number of pyridine rings is 2. The maximum absolute atomic E-state index is 14.1. The minimum absolute atomic E-state index is 0. The number of carbonyl (C=O) groups is 4. The van der Waals surface area contributed by atoms with Gasteiger partial charge in [-0.25, -0.2) is 27.7 Å². The Morgan fingerprint density at radius 1 is 0.682 bits per heavy atom. The van der Waals surface area contributed by atoms with E-state index >= 15 is 0 Å². The van der Waals surface area contributed by atoms with E-state index in [1.165, 1.54) is 64.7 Å². The van der Waals surface area contributed by atoms with E-state index in [0.717, 1.165) is 22.8 Å². The number of H-pyrrole nitrogens is 2. The van der Waals surface area contributed by atoms with Crippen molar-refractivity contribution in [2.75, 3.05) is 13.1 Å². The van der Waals surface area contributed by atoms with E-state index in [2.05, 4.69) is 19.9 Å². The van der Waals surface area contributed by atoms with Gasteiger partial charge in [-0.15, -0.1) is 0 Å². The fourth-order valence-corrected chi connectivity index (χ4v) is 8.39. The van der Waals surface area contributed by atoms with Crippen molar-refractivity contribution >= 4 is 57.0 Å². The second kappa shape index (κ2) is 18.5. The average molecular weight is 905 g/mol. The third-order valence-electron chi connectivity index (χ3n) is 11.2. The van der Waals surface area contributed by atoms with Crippen LogP contribution >= 0.6 is 0 Å². The Morgan fingerprint density at radius 3 is 1.65 bits per heavy atom. The molecule has 0 bridgehead atoms. The van der Waals surface area contributed by atoms with E-state index in [1.807, 2.05) is 39.8 Å². The Hall–Kier alpha value is -7.03. The second-order valence-corrected chi connectivity index (χ2v) is 18.3. The molecule has 8 rings (SSSR count). The van der Waals surface area contributed by atoms with Gasteiger partial charge < -0.3 is 29.2 Å². The number of fused-ring (bicyclic) bond motifs is 6. The first kappa shape index (κ1) is 48.4. The van der Waals surface area contributed by atoms with E-state index in [-0.39, 0.29) is 55.0 Å². The van der Waals surface area contributed by atoms with Crippen LogP contribution in [0.3, 0.4) is 0 Å². The summed E-state index contributed by atoms with van der Waals surface area (Å²) < 4.78 is 52.6. The van der Waals surface area contributed by atoms with Gasteiger partial charge >= 0.3 is 11.9 Å². The molecule has 2 N–H and O–H groups in total. The van der Waals surface area contributed by atoms with Gasteiger partial charge in [0.15, 0.2) is 0 Å². The van der Waals surface area contributed by atoms with Crippen LogP contribution in [0.5, 0.6) is 0 Å². The summed E-state index contributed by atoms with van der Waals surface area (Å²) in [4.78, 5) is 71.0. The van der Waals surface area contributed by atoms with Crippen LogP contribution in [0, 0.1) is 31.3 Å². The Balaban J connectivity index is 0.000000215. The van der Waals surface area contributed by atoms with Crippen molar-refractivity contribution in [1.82, 2.24) is 29.7 Å². The zero-order valence-corrected chi connectivity index (χ0v) is 37.9. The molecule has 4 aromatic heterocycles. The van der Waals surface area contributed by atoms with Crippen LogP contribution in [0.25, 0.3) is 33.2 Å². The fraction of sp³-hybridized carbons (Fsp3) is 0.333. The summed E-state index contributed by atoms with van der Waals surface area (Å²) in [7, 11) is 0. The molecule has 66 heavy (non-hydrogen) atoms. The van der Waals surface area contributed by atoms with Gasteiger partial charge in [0.2, 0.25) is 0 Å². The summed E-state index contributed by atoms with van der Waals surface area (Å²) in [5.74, 6) is -3.15. The number of aromatic nitrogens is 4. The first-order valence-electron chi connectivity index (χ1n) is 21.2. The van der Waals surface area contributed by atoms with E-state index in [1.54, 1.807) is 47.7 Å². The number of nitrogens with zero attached hydrogens (tertiary/aromatic N) is 4. The molecule has 2 aromatic carbocycles. The highest BCUT2D eigenvalue weighted by Crippen LogP contribution is 2.42. The minimum Gasteiger partial charge on any atom is -0.459 e. The van der Waals surface area contributed by atoms with E-state index in [0.29, 0.717) is 56.8 Å². The van der Waals surface area contributed by atoms with Crippen molar-refractivity contribution in [3.63, 3.8) is 0 Å². The predicted molar refractivity (Wildman–Crippen MR) is 248 cm³/mol. The fourth-order valence-electron chi connectivity index (χ4n) is 8.39. The summed E-state index contributed by atoms with van der Waals surface area (Å²) in [6.45, 7) is 18.5. The van der Waals surface area contributed by atoms with Gasteiger partial charge in [-0.3, -0.25) is 14.6 Å². The molecule has 2 aliphatic heterocycles. The van der Waals surface area contributed by atoms with Crippen LogP contribution in [-0.2, 0) is 29.9 Å². The molecular formula is C51H55F3N6O6. The Labute approximate surface area is 381 Å². The van der Waals surface area contributed by atoms with Gasteiger partial charge in [0.25, 0.3) is 11.8 Å². The predicted octanol–water partition coefficient (Wildman–Crippen LogP) is 10.2. The molecule has 6 aromatic rings. The number of ether oxygens (including phenoxy) is 2. The molecule has 0 saturated heterocycles. The zero-order chi connectivity index (χ0) is 47.3. The van der Waals surface area contributed by atoms with Crippen LogP contribution in [0.1, 0.15) is 117 Å². The van der Waals surface area contributed by atoms with E-state index in [9.17, 15) is 32.3 Å². The molecule has 0 spiro atoms. The Morgan fingerprint density at radius 2 is 1.17 bits per heavy atom. The molecule has 0 aliphatic carbocycles. The number of amides is 2. The third-order valence-corrected chi connectivity index (χ3v) is 11.2. The number of rotatable bonds is 6. The summed E-state index contributed by atoms with van der Waals surface area (Å²) in [5.41, 5.74) is 5.08. The van der Waals surface area contributed by atoms with Gasteiger partial charge in [-0.1, -0.05) is 35.1 Å². The molecule has 0 saturated carbocycles. The van der Waals surface area contributed by atoms with Gasteiger partial charge in [0.1, 0.15) is 23.1 Å². The maximum atomic E-state index is 14.1. The van der Waals surface area contributed by atoms with Gasteiger partial charge in [-0.05, 0) is 113 Å². The van der Waals surface area contributed by atoms with Crippen LogP contribution in [0.2, 0.25) is 0 Å². The Kier molecular flexibility index (Phi) is 13.5. The molecule has 6 heterocycles. The number of halogens is 3.